The number of benzene rings is 2. The maximum Gasteiger partial charge on any atom is 0.410 e. The molecule has 0 radical (unpaired) electrons. The van der Waals surface area contributed by atoms with E-state index in [4.69, 9.17) is 4.74 Å². The molecular weight excluding hydrogens is 459 g/mol. The first kappa shape index (κ1) is 22.8. The van der Waals surface area contributed by atoms with Crippen LogP contribution < -0.4 is 15.4 Å². The summed E-state index contributed by atoms with van der Waals surface area (Å²) >= 11 is 0. The molecule has 1 aliphatic heterocycles. The zero-order valence-electron chi connectivity index (χ0n) is 18.9. The van der Waals surface area contributed by atoms with Gasteiger partial charge in [0, 0.05) is 36.1 Å². The van der Waals surface area contributed by atoms with Crippen molar-refractivity contribution in [2.24, 2.45) is 0 Å². The molecule has 1 amide bonds. The number of carbonyl (C=O) groups is 1. The number of carbonyl (C=O) groups excluding carboxylic acids is 1. The van der Waals surface area contributed by atoms with Gasteiger partial charge in [0.2, 0.25) is 0 Å². The fourth-order valence-electron chi connectivity index (χ4n) is 4.48. The van der Waals surface area contributed by atoms with Crippen LogP contribution in [-0.4, -0.2) is 40.5 Å². The fraction of sp³-hybridized carbons (Fsp3) is 0.280. The van der Waals surface area contributed by atoms with Gasteiger partial charge in [0.15, 0.2) is 11.7 Å². The van der Waals surface area contributed by atoms with E-state index in [2.05, 4.69) is 20.7 Å². The summed E-state index contributed by atoms with van der Waals surface area (Å²) in [5.41, 5.74) is 2.69. The predicted octanol–water partition coefficient (Wildman–Crippen LogP) is 5.01. The van der Waals surface area contributed by atoms with Crippen molar-refractivity contribution >= 4 is 22.6 Å². The first-order valence-corrected chi connectivity index (χ1v) is 11.2. The van der Waals surface area contributed by atoms with E-state index in [9.17, 15) is 18.0 Å². The SMILES string of the molecule is COc1ccc([C@@H]2C[C@@H](C(F)(F)F)n3nc(C(=O)NCCc4c[nH]c5ccccc45)cc3N2)cc1. The van der Waals surface area contributed by atoms with E-state index in [-0.39, 0.29) is 17.9 Å². The van der Waals surface area contributed by atoms with Crippen LogP contribution in [0.15, 0.2) is 60.8 Å². The molecule has 0 aliphatic carbocycles. The number of anilines is 1. The third-order valence-corrected chi connectivity index (χ3v) is 6.30. The number of aromatic amines is 1. The van der Waals surface area contributed by atoms with Gasteiger partial charge in [-0.1, -0.05) is 30.3 Å². The van der Waals surface area contributed by atoms with Crippen LogP contribution in [0.5, 0.6) is 5.75 Å². The molecule has 2 atom stereocenters. The van der Waals surface area contributed by atoms with Crippen LogP contribution in [0.1, 0.15) is 40.1 Å². The third-order valence-electron chi connectivity index (χ3n) is 6.30. The summed E-state index contributed by atoms with van der Waals surface area (Å²) in [5.74, 6) is 0.255. The minimum atomic E-state index is -4.52. The third kappa shape index (κ3) is 4.55. The number of para-hydroxylation sites is 1. The van der Waals surface area contributed by atoms with Gasteiger partial charge in [-0.15, -0.1) is 0 Å². The summed E-state index contributed by atoms with van der Waals surface area (Å²) in [7, 11) is 1.53. The lowest BCUT2D eigenvalue weighted by Crippen LogP contribution is -2.35. The van der Waals surface area contributed by atoms with Crippen LogP contribution in [0.25, 0.3) is 10.9 Å². The summed E-state index contributed by atoms with van der Waals surface area (Å²) in [4.78, 5) is 15.9. The second-order valence-electron chi connectivity index (χ2n) is 8.49. The Morgan fingerprint density at radius 2 is 1.97 bits per heavy atom. The molecule has 0 bridgehead atoms. The topological polar surface area (TPSA) is 84.0 Å². The van der Waals surface area contributed by atoms with Crippen molar-refractivity contribution in [1.82, 2.24) is 20.1 Å². The number of amides is 1. The first-order chi connectivity index (χ1) is 16.8. The highest BCUT2D eigenvalue weighted by molar-refractivity contribution is 5.93. The zero-order chi connectivity index (χ0) is 24.6. The van der Waals surface area contributed by atoms with Gasteiger partial charge in [0.05, 0.1) is 13.2 Å². The molecule has 3 heterocycles. The van der Waals surface area contributed by atoms with E-state index in [1.807, 2.05) is 30.5 Å². The van der Waals surface area contributed by atoms with E-state index < -0.39 is 24.2 Å². The maximum absolute atomic E-state index is 13.9. The minimum absolute atomic E-state index is 0.0592. The number of halogens is 3. The highest BCUT2D eigenvalue weighted by atomic mass is 19.4. The number of ether oxygens (including phenoxy) is 1. The molecule has 2 aromatic carbocycles. The number of methoxy groups -OCH3 is 1. The van der Waals surface area contributed by atoms with Crippen molar-refractivity contribution in [2.75, 3.05) is 19.0 Å². The number of hydrogen-bond donors (Lipinski definition) is 3. The zero-order valence-corrected chi connectivity index (χ0v) is 18.9. The molecule has 35 heavy (non-hydrogen) atoms. The Morgan fingerprint density at radius 3 is 2.71 bits per heavy atom. The molecule has 0 saturated carbocycles. The lowest BCUT2D eigenvalue weighted by atomic mass is 9.97. The molecule has 0 spiro atoms. The predicted molar refractivity (Wildman–Crippen MR) is 126 cm³/mol. The number of aromatic nitrogens is 3. The normalized spacial score (nSPS) is 17.6. The smallest absolute Gasteiger partial charge is 0.410 e. The van der Waals surface area contributed by atoms with Gasteiger partial charge in [-0.2, -0.15) is 18.3 Å². The van der Waals surface area contributed by atoms with Crippen molar-refractivity contribution in [3.8, 4) is 5.75 Å². The van der Waals surface area contributed by atoms with Crippen LogP contribution >= 0.6 is 0 Å². The summed E-state index contributed by atoms with van der Waals surface area (Å²) < 4.78 is 47.7. The Balaban J connectivity index is 1.31. The molecule has 4 aromatic rings. The van der Waals surface area contributed by atoms with Crippen LogP contribution in [0.2, 0.25) is 0 Å². The molecule has 0 fully saturated rings. The Labute approximate surface area is 199 Å². The van der Waals surface area contributed by atoms with Gasteiger partial charge in [-0.3, -0.25) is 4.79 Å². The Bertz CT molecular complexity index is 1340. The van der Waals surface area contributed by atoms with Crippen LogP contribution in [0.4, 0.5) is 19.0 Å². The molecule has 0 saturated heterocycles. The highest BCUT2D eigenvalue weighted by Crippen LogP contribution is 2.43. The molecule has 10 heteroatoms. The van der Waals surface area contributed by atoms with Gasteiger partial charge in [-0.05, 0) is 35.7 Å². The van der Waals surface area contributed by atoms with E-state index in [0.717, 1.165) is 21.1 Å². The molecule has 0 unspecified atom stereocenters. The summed E-state index contributed by atoms with van der Waals surface area (Å²) in [5, 5.41) is 11.0. The molecule has 2 aromatic heterocycles. The van der Waals surface area contributed by atoms with Gasteiger partial charge in [-0.25, -0.2) is 4.68 Å². The van der Waals surface area contributed by atoms with Gasteiger partial charge in [0.1, 0.15) is 11.6 Å². The highest BCUT2D eigenvalue weighted by Gasteiger charge is 2.46. The van der Waals surface area contributed by atoms with Gasteiger partial charge >= 0.3 is 6.18 Å². The number of alkyl halides is 3. The number of fused-ring (bicyclic) bond motifs is 2. The van der Waals surface area contributed by atoms with Crippen LogP contribution in [0, 0.1) is 0 Å². The van der Waals surface area contributed by atoms with E-state index in [0.29, 0.717) is 24.3 Å². The van der Waals surface area contributed by atoms with Gasteiger partial charge < -0.3 is 20.4 Å². The monoisotopic (exact) mass is 483 g/mol. The van der Waals surface area contributed by atoms with Crippen molar-refractivity contribution < 1.29 is 22.7 Å². The van der Waals surface area contributed by atoms with Crippen molar-refractivity contribution in [3.05, 3.63) is 77.6 Å². The summed E-state index contributed by atoms with van der Waals surface area (Å²) in [6.45, 7) is 0.327. The van der Waals surface area contributed by atoms with Crippen molar-refractivity contribution in [3.63, 3.8) is 0 Å². The Kier molecular flexibility index (Phi) is 5.88. The number of rotatable bonds is 6. The molecule has 182 valence electrons. The summed E-state index contributed by atoms with van der Waals surface area (Å²) in [6.07, 6.45) is -2.29. The van der Waals surface area contributed by atoms with Crippen LogP contribution in [-0.2, 0) is 6.42 Å². The van der Waals surface area contributed by atoms with E-state index in [1.165, 1.54) is 13.2 Å². The lowest BCUT2D eigenvalue weighted by Gasteiger charge is -2.33. The number of hydrogen-bond acceptors (Lipinski definition) is 4. The maximum atomic E-state index is 13.9. The van der Waals surface area contributed by atoms with E-state index >= 15 is 0 Å². The lowest BCUT2D eigenvalue weighted by molar-refractivity contribution is -0.173. The molecular formula is C25H24F3N5O2. The molecule has 3 N–H and O–H groups in total. The van der Waals surface area contributed by atoms with Crippen molar-refractivity contribution in [1.29, 1.82) is 0 Å². The second kappa shape index (κ2) is 9.01. The quantitative estimate of drug-likeness (QED) is 0.360. The summed E-state index contributed by atoms with van der Waals surface area (Å²) in [6, 6.07) is 13.6. The average Bonchev–Trinajstić information content (AvgIpc) is 3.47. The molecule has 1 aliphatic rings. The molecule has 7 nitrogen and oxygen atoms in total. The van der Waals surface area contributed by atoms with Crippen molar-refractivity contribution in [2.45, 2.75) is 31.1 Å². The average molecular weight is 483 g/mol. The Hall–Kier alpha value is -3.95. The second-order valence-corrected chi connectivity index (χ2v) is 8.49. The fourth-order valence-corrected chi connectivity index (χ4v) is 4.48. The largest absolute Gasteiger partial charge is 0.497 e. The first-order valence-electron chi connectivity index (χ1n) is 11.2. The number of H-pyrrole nitrogens is 1. The molecule has 5 rings (SSSR count). The number of nitrogens with zero attached hydrogens (tertiary/aromatic N) is 2. The number of nitrogens with one attached hydrogen (secondary N) is 3. The standard InChI is InChI=1S/C25H24F3N5O2/c1-35-17-8-6-15(7-9-17)20-12-22(25(26,27)28)33-23(31-20)13-21(32-33)24(34)29-11-10-16-14-30-19-5-3-2-4-18(16)19/h2-9,13-14,20,22,30-31H,10-12H2,1H3,(H,29,34)/t20-,22-/m0/s1. The van der Waals surface area contributed by atoms with E-state index in [1.54, 1.807) is 24.3 Å². The Morgan fingerprint density at radius 1 is 1.20 bits per heavy atom. The van der Waals surface area contributed by atoms with Crippen LogP contribution in [0.3, 0.4) is 0 Å². The minimum Gasteiger partial charge on any atom is -0.497 e. The van der Waals surface area contributed by atoms with Gasteiger partial charge in [0.25, 0.3) is 5.91 Å².